The zero-order chi connectivity index (χ0) is 26.7. The molecule has 0 radical (unpaired) electrons. The van der Waals surface area contributed by atoms with Gasteiger partial charge in [0.15, 0.2) is 0 Å². The molecule has 4 atom stereocenters. The molecule has 1 aromatic heterocycles. The Hall–Kier alpha value is -4.01. The minimum atomic E-state index is -1.42. The molecule has 1 heterocycles. The largest absolute Gasteiger partial charge is 0.481 e. The molecule has 15 heteroatoms. The summed E-state index contributed by atoms with van der Waals surface area (Å²) < 4.78 is 0. The second kappa shape index (κ2) is 13.6. The molecule has 1 rings (SSSR count). The zero-order valence-electron chi connectivity index (χ0n) is 19.3. The molecule has 1 aromatic rings. The fraction of sp³-hybridized carbons (Fsp3) is 0.550. The molecule has 0 aliphatic rings. The molecule has 10 N–H and O–H groups in total. The van der Waals surface area contributed by atoms with Crippen LogP contribution in [-0.2, 0) is 35.2 Å². The summed E-state index contributed by atoms with van der Waals surface area (Å²) in [6.45, 7) is 3.21. The third-order valence-corrected chi connectivity index (χ3v) is 4.88. The highest BCUT2D eigenvalue weighted by molar-refractivity contribution is 5.95. The number of amides is 4. The monoisotopic (exact) mass is 497 g/mol. The van der Waals surface area contributed by atoms with Crippen LogP contribution in [-0.4, -0.2) is 79.9 Å². The number of carboxylic acids is 2. The van der Waals surface area contributed by atoms with Gasteiger partial charge in [0.05, 0.1) is 18.8 Å². The predicted molar refractivity (Wildman–Crippen MR) is 119 cm³/mol. The van der Waals surface area contributed by atoms with Crippen LogP contribution in [0.5, 0.6) is 0 Å². The standard InChI is InChI=1S/C20H31N7O8/c1-9(2)16(19(33)25-12(20(34)35)3-4-14(22)28)27-18(32)13(5-10-7-23-8-24-10)26-17(31)11(21)6-15(29)30/h7-9,11-13,16H,3-6,21H2,1-2H3,(H2,22,28)(H,23,24)(H,25,33)(H,26,31)(H,27,32)(H,29,30)(H,34,35). The second-order valence-electron chi connectivity index (χ2n) is 8.18. The molecular formula is C20H31N7O8. The van der Waals surface area contributed by atoms with Gasteiger partial charge in [-0.05, 0) is 12.3 Å². The predicted octanol–water partition coefficient (Wildman–Crippen LogP) is -2.79. The summed E-state index contributed by atoms with van der Waals surface area (Å²) in [5, 5.41) is 25.3. The Bertz CT molecular complexity index is 919. The average Bonchev–Trinajstić information content (AvgIpc) is 3.26. The smallest absolute Gasteiger partial charge is 0.326 e. The average molecular weight is 498 g/mol. The van der Waals surface area contributed by atoms with Gasteiger partial charge in [-0.15, -0.1) is 0 Å². The number of H-pyrrole nitrogens is 1. The minimum absolute atomic E-state index is 0.0832. The first-order valence-corrected chi connectivity index (χ1v) is 10.7. The topological polar surface area (TPSA) is 260 Å². The van der Waals surface area contributed by atoms with Gasteiger partial charge in [-0.3, -0.25) is 24.0 Å². The van der Waals surface area contributed by atoms with Gasteiger partial charge in [0.1, 0.15) is 18.1 Å². The maximum Gasteiger partial charge on any atom is 0.326 e. The fourth-order valence-corrected chi connectivity index (χ4v) is 2.98. The van der Waals surface area contributed by atoms with Crippen LogP contribution < -0.4 is 27.4 Å². The van der Waals surface area contributed by atoms with Crippen LogP contribution in [0.2, 0.25) is 0 Å². The van der Waals surface area contributed by atoms with Crippen LogP contribution in [0.25, 0.3) is 0 Å². The van der Waals surface area contributed by atoms with Crippen molar-refractivity contribution in [1.82, 2.24) is 25.9 Å². The number of carbonyl (C=O) groups excluding carboxylic acids is 4. The van der Waals surface area contributed by atoms with E-state index in [2.05, 4.69) is 25.9 Å². The third-order valence-electron chi connectivity index (χ3n) is 4.88. The summed E-state index contributed by atoms with van der Waals surface area (Å²) >= 11 is 0. The molecule has 4 unspecified atom stereocenters. The number of carbonyl (C=O) groups is 6. The van der Waals surface area contributed by atoms with Crippen molar-refractivity contribution in [2.45, 2.75) is 63.7 Å². The highest BCUT2D eigenvalue weighted by Crippen LogP contribution is 2.07. The van der Waals surface area contributed by atoms with Crippen molar-refractivity contribution in [3.05, 3.63) is 18.2 Å². The van der Waals surface area contributed by atoms with E-state index in [1.165, 1.54) is 12.5 Å². The van der Waals surface area contributed by atoms with E-state index in [0.29, 0.717) is 5.69 Å². The fourth-order valence-electron chi connectivity index (χ4n) is 2.98. The van der Waals surface area contributed by atoms with Gasteiger partial charge in [0.2, 0.25) is 23.6 Å². The summed E-state index contributed by atoms with van der Waals surface area (Å²) in [6.07, 6.45) is 1.50. The number of aromatic amines is 1. The number of aromatic nitrogens is 2. The quantitative estimate of drug-likeness (QED) is 0.123. The Kier molecular flexibility index (Phi) is 11.3. The lowest BCUT2D eigenvalue weighted by atomic mass is 10.0. The first kappa shape index (κ1) is 29.0. The Morgan fingerprint density at radius 3 is 2.11 bits per heavy atom. The lowest BCUT2D eigenvalue weighted by Gasteiger charge is -2.27. The molecule has 0 saturated heterocycles. The number of carboxylic acid groups (broad SMARTS) is 2. The summed E-state index contributed by atoms with van der Waals surface area (Å²) in [5.41, 5.74) is 11.1. The van der Waals surface area contributed by atoms with Crippen LogP contribution >= 0.6 is 0 Å². The number of rotatable bonds is 15. The molecule has 4 amide bonds. The number of aliphatic carboxylic acids is 2. The molecule has 0 aliphatic heterocycles. The Morgan fingerprint density at radius 2 is 1.63 bits per heavy atom. The van der Waals surface area contributed by atoms with E-state index >= 15 is 0 Å². The molecule has 15 nitrogen and oxygen atoms in total. The van der Waals surface area contributed by atoms with Crippen molar-refractivity contribution in [3.8, 4) is 0 Å². The number of nitrogens with one attached hydrogen (secondary N) is 4. The molecule has 0 aromatic carbocycles. The van der Waals surface area contributed by atoms with Crippen molar-refractivity contribution in [2.24, 2.45) is 17.4 Å². The Balaban J connectivity index is 3.01. The molecular weight excluding hydrogens is 466 g/mol. The summed E-state index contributed by atoms with van der Waals surface area (Å²) in [5.74, 6) is -6.43. The van der Waals surface area contributed by atoms with Crippen LogP contribution in [0.3, 0.4) is 0 Å². The first-order valence-electron chi connectivity index (χ1n) is 10.7. The summed E-state index contributed by atoms with van der Waals surface area (Å²) in [6, 6.07) is -5.30. The number of nitrogens with two attached hydrogens (primary N) is 2. The highest BCUT2D eigenvalue weighted by Gasteiger charge is 2.32. The Labute approximate surface area is 200 Å². The number of hydrogen-bond acceptors (Lipinski definition) is 8. The minimum Gasteiger partial charge on any atom is -0.481 e. The Morgan fingerprint density at radius 1 is 1.00 bits per heavy atom. The SMILES string of the molecule is CC(C)C(NC(=O)C(Cc1cnc[nH]1)NC(=O)C(N)CC(=O)O)C(=O)NC(CCC(N)=O)C(=O)O. The lowest BCUT2D eigenvalue weighted by molar-refractivity contribution is -0.143. The maximum absolute atomic E-state index is 13.0. The van der Waals surface area contributed by atoms with Gasteiger partial charge in [0.25, 0.3) is 0 Å². The van der Waals surface area contributed by atoms with Crippen molar-refractivity contribution in [1.29, 1.82) is 0 Å². The van der Waals surface area contributed by atoms with E-state index in [-0.39, 0.29) is 19.3 Å². The first-order chi connectivity index (χ1) is 16.3. The van der Waals surface area contributed by atoms with Crippen molar-refractivity contribution in [3.63, 3.8) is 0 Å². The molecule has 0 aliphatic carbocycles. The van der Waals surface area contributed by atoms with Crippen molar-refractivity contribution in [2.75, 3.05) is 0 Å². The normalized spacial score (nSPS) is 14.3. The molecule has 0 spiro atoms. The van der Waals surface area contributed by atoms with Gasteiger partial charge in [0, 0.05) is 24.7 Å². The highest BCUT2D eigenvalue weighted by atomic mass is 16.4. The molecule has 0 bridgehead atoms. The lowest BCUT2D eigenvalue weighted by Crippen LogP contribution is -2.59. The van der Waals surface area contributed by atoms with E-state index < -0.39 is 72.1 Å². The number of nitrogens with zero attached hydrogens (tertiary/aromatic N) is 1. The van der Waals surface area contributed by atoms with Crippen LogP contribution in [0.15, 0.2) is 12.5 Å². The van der Waals surface area contributed by atoms with Gasteiger partial charge in [-0.1, -0.05) is 13.8 Å². The number of hydrogen-bond donors (Lipinski definition) is 8. The van der Waals surface area contributed by atoms with Crippen LogP contribution in [0, 0.1) is 5.92 Å². The molecule has 194 valence electrons. The van der Waals surface area contributed by atoms with Crippen LogP contribution in [0.4, 0.5) is 0 Å². The van der Waals surface area contributed by atoms with Crippen molar-refractivity contribution < 1.29 is 39.0 Å². The number of primary amides is 1. The molecule has 0 saturated carbocycles. The molecule has 35 heavy (non-hydrogen) atoms. The van der Waals surface area contributed by atoms with E-state index in [4.69, 9.17) is 16.6 Å². The van der Waals surface area contributed by atoms with Crippen LogP contribution in [0.1, 0.15) is 38.8 Å². The van der Waals surface area contributed by atoms with Gasteiger partial charge in [-0.2, -0.15) is 0 Å². The summed E-state index contributed by atoms with van der Waals surface area (Å²) in [7, 11) is 0. The number of imidazole rings is 1. The maximum atomic E-state index is 13.0. The summed E-state index contributed by atoms with van der Waals surface area (Å²) in [4.78, 5) is 78.0. The van der Waals surface area contributed by atoms with E-state index in [9.17, 15) is 33.9 Å². The molecule has 0 fully saturated rings. The van der Waals surface area contributed by atoms with E-state index in [1.807, 2.05) is 0 Å². The van der Waals surface area contributed by atoms with Gasteiger partial charge in [-0.25, -0.2) is 9.78 Å². The van der Waals surface area contributed by atoms with E-state index in [1.54, 1.807) is 13.8 Å². The van der Waals surface area contributed by atoms with Gasteiger partial charge < -0.3 is 42.6 Å². The zero-order valence-corrected chi connectivity index (χ0v) is 19.3. The second-order valence-corrected chi connectivity index (χ2v) is 8.18. The van der Waals surface area contributed by atoms with Crippen molar-refractivity contribution >= 4 is 35.6 Å². The third kappa shape index (κ3) is 10.2. The van der Waals surface area contributed by atoms with E-state index in [0.717, 1.165) is 0 Å². The van der Waals surface area contributed by atoms with Gasteiger partial charge >= 0.3 is 11.9 Å².